The van der Waals surface area contributed by atoms with Gasteiger partial charge < -0.3 is 15.2 Å². The van der Waals surface area contributed by atoms with E-state index in [2.05, 4.69) is 5.32 Å². The molecular weight excluding hydrogens is 228 g/mol. The molecule has 4 heteroatoms. The molecule has 0 aliphatic heterocycles. The summed E-state index contributed by atoms with van der Waals surface area (Å²) in [5.74, 6) is 0.656. The summed E-state index contributed by atoms with van der Waals surface area (Å²) in [5.41, 5.74) is 0.576. The monoisotopic (exact) mass is 248 g/mol. The van der Waals surface area contributed by atoms with Gasteiger partial charge in [-0.25, -0.2) is 0 Å². The topological polar surface area (TPSA) is 65.3 Å². The molecule has 0 unspecified atom stereocenters. The van der Waals surface area contributed by atoms with Gasteiger partial charge in [0.05, 0.1) is 11.6 Å². The highest BCUT2D eigenvalue weighted by atomic mass is 16.5. The van der Waals surface area contributed by atoms with E-state index in [0.717, 1.165) is 0 Å². The van der Waals surface area contributed by atoms with Crippen molar-refractivity contribution in [3.05, 3.63) is 29.8 Å². The molecule has 0 radical (unpaired) electrons. The SMILES string of the molecule is CC(C)(C)NC[C@@H](O)COc1ccc(C#N)cc1. The van der Waals surface area contributed by atoms with Gasteiger partial charge in [-0.3, -0.25) is 0 Å². The first kappa shape index (κ1) is 14.5. The summed E-state index contributed by atoms with van der Waals surface area (Å²) in [6.07, 6.45) is -0.556. The van der Waals surface area contributed by atoms with Crippen molar-refractivity contribution >= 4 is 0 Å². The Balaban J connectivity index is 2.33. The molecule has 1 atom stereocenters. The van der Waals surface area contributed by atoms with E-state index in [0.29, 0.717) is 17.9 Å². The molecule has 1 aromatic carbocycles. The van der Waals surface area contributed by atoms with E-state index in [1.54, 1.807) is 24.3 Å². The Kier molecular flexibility index (Phi) is 5.14. The Morgan fingerprint density at radius 2 is 1.94 bits per heavy atom. The molecule has 4 nitrogen and oxygen atoms in total. The van der Waals surface area contributed by atoms with Gasteiger partial charge in [0.1, 0.15) is 18.5 Å². The highest BCUT2D eigenvalue weighted by Gasteiger charge is 2.12. The van der Waals surface area contributed by atoms with Gasteiger partial charge in [0.2, 0.25) is 0 Å². The van der Waals surface area contributed by atoms with Gasteiger partial charge in [-0.2, -0.15) is 5.26 Å². The second-order valence-electron chi connectivity index (χ2n) is 5.23. The average molecular weight is 248 g/mol. The maximum Gasteiger partial charge on any atom is 0.119 e. The number of nitrogens with zero attached hydrogens (tertiary/aromatic N) is 1. The fourth-order valence-electron chi connectivity index (χ4n) is 1.30. The highest BCUT2D eigenvalue weighted by Crippen LogP contribution is 2.11. The van der Waals surface area contributed by atoms with Crippen LogP contribution in [0.1, 0.15) is 26.3 Å². The summed E-state index contributed by atoms with van der Waals surface area (Å²) < 4.78 is 5.43. The first-order valence-corrected chi connectivity index (χ1v) is 5.97. The van der Waals surface area contributed by atoms with Crippen molar-refractivity contribution in [2.75, 3.05) is 13.2 Å². The van der Waals surface area contributed by atoms with Gasteiger partial charge >= 0.3 is 0 Å². The molecular formula is C14H20N2O2. The number of hydrogen-bond donors (Lipinski definition) is 2. The van der Waals surface area contributed by atoms with Gasteiger partial charge in [0.15, 0.2) is 0 Å². The lowest BCUT2D eigenvalue weighted by Gasteiger charge is -2.22. The quantitative estimate of drug-likeness (QED) is 0.832. The van der Waals surface area contributed by atoms with Crippen molar-refractivity contribution < 1.29 is 9.84 Å². The number of nitrogens with one attached hydrogen (secondary N) is 1. The number of benzene rings is 1. The zero-order valence-electron chi connectivity index (χ0n) is 11.1. The molecule has 1 aromatic rings. The summed E-state index contributed by atoms with van der Waals surface area (Å²) in [6.45, 7) is 6.85. The molecule has 0 aliphatic rings. The molecule has 0 aliphatic carbocycles. The first-order chi connectivity index (χ1) is 8.40. The number of nitriles is 1. The molecule has 98 valence electrons. The van der Waals surface area contributed by atoms with Crippen LogP contribution >= 0.6 is 0 Å². The third kappa shape index (κ3) is 5.67. The van der Waals surface area contributed by atoms with Crippen molar-refractivity contribution in [2.24, 2.45) is 0 Å². The molecule has 0 heterocycles. The largest absolute Gasteiger partial charge is 0.491 e. The van der Waals surface area contributed by atoms with Gasteiger partial charge in [0, 0.05) is 12.1 Å². The normalized spacial score (nSPS) is 12.8. The Morgan fingerprint density at radius 1 is 1.33 bits per heavy atom. The molecule has 0 fully saturated rings. The summed E-state index contributed by atoms with van der Waals surface area (Å²) in [6, 6.07) is 8.87. The van der Waals surface area contributed by atoms with Crippen molar-refractivity contribution in [1.29, 1.82) is 5.26 Å². The highest BCUT2D eigenvalue weighted by molar-refractivity contribution is 5.34. The van der Waals surface area contributed by atoms with Crippen molar-refractivity contribution in [1.82, 2.24) is 5.32 Å². The Hall–Kier alpha value is -1.57. The third-order valence-electron chi connectivity index (χ3n) is 2.29. The number of aliphatic hydroxyl groups is 1. The van der Waals surface area contributed by atoms with Crippen molar-refractivity contribution in [3.8, 4) is 11.8 Å². The van der Waals surface area contributed by atoms with E-state index in [1.165, 1.54) is 0 Å². The summed E-state index contributed by atoms with van der Waals surface area (Å²) >= 11 is 0. The van der Waals surface area contributed by atoms with E-state index in [9.17, 15) is 5.11 Å². The lowest BCUT2D eigenvalue weighted by Crippen LogP contribution is -2.42. The van der Waals surface area contributed by atoms with Crippen LogP contribution in [0.2, 0.25) is 0 Å². The number of hydrogen-bond acceptors (Lipinski definition) is 4. The van der Waals surface area contributed by atoms with Crippen LogP contribution < -0.4 is 10.1 Å². The van der Waals surface area contributed by atoms with E-state index in [1.807, 2.05) is 26.8 Å². The fourth-order valence-corrected chi connectivity index (χ4v) is 1.30. The second kappa shape index (κ2) is 6.39. The fraction of sp³-hybridized carbons (Fsp3) is 0.500. The molecule has 0 amide bonds. The molecule has 0 saturated carbocycles. The Labute approximate surface area is 108 Å². The summed E-state index contributed by atoms with van der Waals surface area (Å²) in [7, 11) is 0. The first-order valence-electron chi connectivity index (χ1n) is 5.97. The zero-order chi connectivity index (χ0) is 13.6. The van der Waals surface area contributed by atoms with Crippen LogP contribution in [0.4, 0.5) is 0 Å². The molecule has 2 N–H and O–H groups in total. The van der Waals surface area contributed by atoms with Crippen LogP contribution in [0.3, 0.4) is 0 Å². The molecule has 0 aromatic heterocycles. The smallest absolute Gasteiger partial charge is 0.119 e. The summed E-state index contributed by atoms with van der Waals surface area (Å²) in [4.78, 5) is 0. The Bertz CT molecular complexity index is 401. The minimum absolute atomic E-state index is 0.0184. The molecule has 0 bridgehead atoms. The van der Waals surface area contributed by atoms with E-state index >= 15 is 0 Å². The molecule has 0 saturated heterocycles. The Morgan fingerprint density at radius 3 is 2.44 bits per heavy atom. The number of rotatable bonds is 5. The van der Waals surface area contributed by atoms with Crippen LogP contribution in [0.15, 0.2) is 24.3 Å². The van der Waals surface area contributed by atoms with Gasteiger partial charge in [0.25, 0.3) is 0 Å². The van der Waals surface area contributed by atoms with Gasteiger partial charge in [-0.15, -0.1) is 0 Å². The van der Waals surface area contributed by atoms with Crippen LogP contribution in [0.25, 0.3) is 0 Å². The maximum absolute atomic E-state index is 9.73. The number of β-amino-alcohol motifs (C(OH)–C–C–N with tert-alkyl or cyclic N) is 1. The van der Waals surface area contributed by atoms with Crippen LogP contribution in [-0.4, -0.2) is 29.9 Å². The lowest BCUT2D eigenvalue weighted by molar-refractivity contribution is 0.100. The lowest BCUT2D eigenvalue weighted by atomic mass is 10.1. The average Bonchev–Trinajstić information content (AvgIpc) is 2.33. The van der Waals surface area contributed by atoms with Gasteiger partial charge in [-0.1, -0.05) is 0 Å². The van der Waals surface area contributed by atoms with Gasteiger partial charge in [-0.05, 0) is 45.0 Å². The minimum atomic E-state index is -0.556. The van der Waals surface area contributed by atoms with Crippen molar-refractivity contribution in [3.63, 3.8) is 0 Å². The van der Waals surface area contributed by atoms with E-state index < -0.39 is 6.10 Å². The van der Waals surface area contributed by atoms with Crippen LogP contribution in [-0.2, 0) is 0 Å². The third-order valence-corrected chi connectivity index (χ3v) is 2.29. The predicted octanol–water partition coefficient (Wildman–Crippen LogP) is 1.69. The molecule has 0 spiro atoms. The van der Waals surface area contributed by atoms with Crippen LogP contribution in [0, 0.1) is 11.3 Å². The predicted molar refractivity (Wildman–Crippen MR) is 70.4 cm³/mol. The number of aliphatic hydroxyl groups excluding tert-OH is 1. The molecule has 18 heavy (non-hydrogen) atoms. The molecule has 1 rings (SSSR count). The maximum atomic E-state index is 9.73. The number of ether oxygens (including phenoxy) is 1. The van der Waals surface area contributed by atoms with E-state index in [4.69, 9.17) is 10.00 Å². The minimum Gasteiger partial charge on any atom is -0.491 e. The standard InChI is InChI=1S/C14H20N2O2/c1-14(2,3)16-9-12(17)10-18-13-6-4-11(8-15)5-7-13/h4-7,12,16-17H,9-10H2,1-3H3/t12-/m1/s1. The zero-order valence-corrected chi connectivity index (χ0v) is 11.1. The van der Waals surface area contributed by atoms with Crippen LogP contribution in [0.5, 0.6) is 5.75 Å². The summed E-state index contributed by atoms with van der Waals surface area (Å²) in [5, 5.41) is 21.6. The van der Waals surface area contributed by atoms with E-state index in [-0.39, 0.29) is 12.1 Å². The second-order valence-corrected chi connectivity index (χ2v) is 5.23. The van der Waals surface area contributed by atoms with Crippen molar-refractivity contribution in [2.45, 2.75) is 32.4 Å².